The molecule has 0 aliphatic heterocycles. The predicted molar refractivity (Wildman–Crippen MR) is 228 cm³/mol. The zero-order valence-corrected chi connectivity index (χ0v) is 32.6. The molecular formula is C48H58N2O4. The molecule has 2 unspecified atom stereocenters. The van der Waals surface area contributed by atoms with Gasteiger partial charge < -0.3 is 30.2 Å². The van der Waals surface area contributed by atoms with Gasteiger partial charge in [0.05, 0.1) is 23.6 Å². The minimum atomic E-state index is -0.971. The quantitative estimate of drug-likeness (QED) is 0.0743. The minimum absolute atomic E-state index is 0.0854. The van der Waals surface area contributed by atoms with E-state index < -0.39 is 24.0 Å². The van der Waals surface area contributed by atoms with Crippen molar-refractivity contribution in [3.63, 3.8) is 0 Å². The maximum Gasteiger partial charge on any atom is 0.123 e. The van der Waals surface area contributed by atoms with E-state index in [0.717, 1.165) is 121 Å². The summed E-state index contributed by atoms with van der Waals surface area (Å²) in [6.07, 6.45) is 6.63. The Morgan fingerprint density at radius 3 is 1.15 bits per heavy atom. The number of unbranched alkanes of at least 4 members (excludes halogenated alkanes) is 4. The zero-order valence-electron chi connectivity index (χ0n) is 32.6. The third-order valence-corrected chi connectivity index (χ3v) is 12.0. The average molecular weight is 727 g/mol. The zero-order chi connectivity index (χ0) is 37.9. The SMILES string of the molecule is CCCCN(CCCC)c1c2ccccc2c(C2C(O)C(c3c4c(O)cccc4c(N(CCCC)CCCC)c4cccc(O)c34)C2O)c2ccccc12. The average Bonchev–Trinajstić information content (AvgIpc) is 3.18. The predicted octanol–water partition coefficient (Wildman–Crippen LogP) is 11.1. The number of hydrogen-bond donors (Lipinski definition) is 4. The van der Waals surface area contributed by atoms with Gasteiger partial charge in [0, 0.05) is 70.3 Å². The Kier molecular flexibility index (Phi) is 11.5. The Labute approximate surface area is 320 Å². The van der Waals surface area contributed by atoms with Gasteiger partial charge in [-0.15, -0.1) is 0 Å². The van der Waals surface area contributed by atoms with Crippen molar-refractivity contribution < 1.29 is 20.4 Å². The lowest BCUT2D eigenvalue weighted by molar-refractivity contribution is -0.0766. The fraction of sp³-hybridized carbons (Fsp3) is 0.417. The second-order valence-corrected chi connectivity index (χ2v) is 15.4. The highest BCUT2D eigenvalue weighted by Crippen LogP contribution is 2.58. The van der Waals surface area contributed by atoms with E-state index >= 15 is 0 Å². The van der Waals surface area contributed by atoms with Gasteiger partial charge in [-0.3, -0.25) is 0 Å². The van der Waals surface area contributed by atoms with E-state index in [1.165, 1.54) is 5.69 Å². The Bertz CT molecular complexity index is 2100. The highest BCUT2D eigenvalue weighted by atomic mass is 16.3. The van der Waals surface area contributed by atoms with Gasteiger partial charge in [0.15, 0.2) is 0 Å². The minimum Gasteiger partial charge on any atom is -0.507 e. The van der Waals surface area contributed by atoms with E-state index in [-0.39, 0.29) is 11.5 Å². The first-order chi connectivity index (χ1) is 26.4. The number of aliphatic hydroxyl groups is 2. The summed E-state index contributed by atoms with van der Waals surface area (Å²) in [5.41, 5.74) is 3.78. The van der Waals surface area contributed by atoms with Crippen LogP contribution in [-0.2, 0) is 0 Å². The van der Waals surface area contributed by atoms with Crippen molar-refractivity contribution in [3.05, 3.63) is 96.1 Å². The first-order valence-corrected chi connectivity index (χ1v) is 20.6. The van der Waals surface area contributed by atoms with E-state index in [2.05, 4.69) is 86.0 Å². The number of phenols is 2. The van der Waals surface area contributed by atoms with Gasteiger partial charge in [0.2, 0.25) is 0 Å². The van der Waals surface area contributed by atoms with Crippen LogP contribution in [0.2, 0.25) is 0 Å². The van der Waals surface area contributed by atoms with Crippen molar-refractivity contribution in [1.29, 1.82) is 0 Å². The number of rotatable bonds is 16. The Hall–Kier alpha value is -4.52. The maximum atomic E-state index is 12.5. The molecular weight excluding hydrogens is 669 g/mol. The first kappa shape index (κ1) is 37.8. The first-order valence-electron chi connectivity index (χ1n) is 20.6. The summed E-state index contributed by atoms with van der Waals surface area (Å²) < 4.78 is 0. The molecule has 1 aliphatic carbocycles. The number of aliphatic hydroxyl groups excluding tert-OH is 2. The molecule has 6 aromatic carbocycles. The molecule has 0 radical (unpaired) electrons. The number of fused-ring (bicyclic) bond motifs is 4. The monoisotopic (exact) mass is 726 g/mol. The van der Waals surface area contributed by atoms with E-state index in [0.29, 0.717) is 16.3 Å². The molecule has 284 valence electrons. The van der Waals surface area contributed by atoms with Crippen molar-refractivity contribution >= 4 is 54.5 Å². The van der Waals surface area contributed by atoms with Gasteiger partial charge in [-0.2, -0.15) is 0 Å². The molecule has 6 heteroatoms. The van der Waals surface area contributed by atoms with Crippen LogP contribution in [0, 0.1) is 0 Å². The van der Waals surface area contributed by atoms with E-state index in [1.54, 1.807) is 12.1 Å². The van der Waals surface area contributed by atoms with Gasteiger partial charge in [-0.1, -0.05) is 126 Å². The summed E-state index contributed by atoms with van der Waals surface area (Å²) in [4.78, 5) is 4.95. The molecule has 0 heterocycles. The van der Waals surface area contributed by atoms with Crippen LogP contribution in [-0.4, -0.2) is 58.8 Å². The second kappa shape index (κ2) is 16.5. The molecule has 4 N–H and O–H groups in total. The fourth-order valence-electron chi connectivity index (χ4n) is 9.28. The van der Waals surface area contributed by atoms with Crippen molar-refractivity contribution in [2.24, 2.45) is 0 Å². The molecule has 0 saturated heterocycles. The molecule has 0 amide bonds. The molecule has 54 heavy (non-hydrogen) atoms. The second-order valence-electron chi connectivity index (χ2n) is 15.4. The summed E-state index contributed by atoms with van der Waals surface area (Å²) >= 11 is 0. The Balaban J connectivity index is 1.43. The van der Waals surface area contributed by atoms with Gasteiger partial charge in [0.1, 0.15) is 11.5 Å². The maximum absolute atomic E-state index is 12.5. The van der Waals surface area contributed by atoms with Gasteiger partial charge in [0.25, 0.3) is 0 Å². The smallest absolute Gasteiger partial charge is 0.123 e. The van der Waals surface area contributed by atoms with Crippen LogP contribution in [0.15, 0.2) is 84.9 Å². The van der Waals surface area contributed by atoms with Gasteiger partial charge in [-0.05, 0) is 59.7 Å². The molecule has 1 fully saturated rings. The van der Waals surface area contributed by atoms with E-state index in [1.807, 2.05) is 24.3 Å². The van der Waals surface area contributed by atoms with Gasteiger partial charge >= 0.3 is 0 Å². The molecule has 2 atom stereocenters. The Morgan fingerprint density at radius 2 is 0.759 bits per heavy atom. The van der Waals surface area contributed by atoms with Crippen LogP contribution in [0.25, 0.3) is 43.1 Å². The fourth-order valence-corrected chi connectivity index (χ4v) is 9.28. The van der Waals surface area contributed by atoms with Crippen LogP contribution in [0.3, 0.4) is 0 Å². The number of anilines is 2. The third-order valence-electron chi connectivity index (χ3n) is 12.0. The van der Waals surface area contributed by atoms with Crippen LogP contribution in [0.4, 0.5) is 11.4 Å². The van der Waals surface area contributed by atoms with Crippen LogP contribution < -0.4 is 9.80 Å². The van der Waals surface area contributed by atoms with Gasteiger partial charge in [-0.25, -0.2) is 0 Å². The lowest BCUT2D eigenvalue weighted by Crippen LogP contribution is -2.52. The van der Waals surface area contributed by atoms with Crippen molar-refractivity contribution in [1.82, 2.24) is 0 Å². The highest BCUT2D eigenvalue weighted by molar-refractivity contribution is 6.18. The normalized spacial score (nSPS) is 18.5. The standard InChI is InChI=1S/C48H58N2O4/c1-5-9-27-49(28-10-6-2)45-33-21-15-13-19-31(33)39(32-20-14-16-22-34(32)45)43-47(53)44(48(43)54)42-40-35(23-17-25-37(40)51)46(36-24-18-26-38(52)41(36)42)50(29-11-7-3)30-12-8-4/h13-26,43-44,47-48,51-54H,5-12,27-30H2,1-4H3. The largest absolute Gasteiger partial charge is 0.507 e. The molecule has 1 aliphatic rings. The molecule has 6 nitrogen and oxygen atoms in total. The van der Waals surface area contributed by atoms with E-state index in [9.17, 15) is 20.4 Å². The van der Waals surface area contributed by atoms with Crippen molar-refractivity contribution in [3.8, 4) is 11.5 Å². The van der Waals surface area contributed by atoms with Crippen molar-refractivity contribution in [2.75, 3.05) is 36.0 Å². The molecule has 0 spiro atoms. The lowest BCUT2D eigenvalue weighted by Gasteiger charge is -2.48. The molecule has 7 rings (SSSR count). The molecule has 0 aromatic heterocycles. The molecule has 1 saturated carbocycles. The molecule has 0 bridgehead atoms. The lowest BCUT2D eigenvalue weighted by atomic mass is 9.60. The summed E-state index contributed by atoms with van der Waals surface area (Å²) in [6.45, 7) is 12.5. The highest BCUT2D eigenvalue weighted by Gasteiger charge is 2.53. The number of hydrogen-bond acceptors (Lipinski definition) is 6. The number of aromatic hydroxyl groups is 2. The van der Waals surface area contributed by atoms with Crippen LogP contribution in [0.1, 0.15) is 102 Å². The summed E-state index contributed by atoms with van der Waals surface area (Å²) in [5, 5.41) is 55.8. The number of phenolic OH excluding ortho intramolecular Hbond substituents is 2. The van der Waals surface area contributed by atoms with Crippen LogP contribution >= 0.6 is 0 Å². The van der Waals surface area contributed by atoms with Crippen LogP contribution in [0.5, 0.6) is 11.5 Å². The molecule has 6 aromatic rings. The van der Waals surface area contributed by atoms with E-state index in [4.69, 9.17) is 0 Å². The summed E-state index contributed by atoms with van der Waals surface area (Å²) in [7, 11) is 0. The van der Waals surface area contributed by atoms with Crippen molar-refractivity contribution in [2.45, 2.75) is 103 Å². The summed E-state index contributed by atoms with van der Waals surface area (Å²) in [6, 6.07) is 28.2. The summed E-state index contributed by atoms with van der Waals surface area (Å²) in [5.74, 6) is -1.15. The number of benzene rings is 6. The number of nitrogens with zero attached hydrogens (tertiary/aromatic N) is 2. The Morgan fingerprint density at radius 1 is 0.426 bits per heavy atom. The third kappa shape index (κ3) is 6.51. The topological polar surface area (TPSA) is 87.4 Å².